The Hall–Kier alpha value is -1.93. The van der Waals surface area contributed by atoms with Crippen molar-refractivity contribution >= 4 is 37.5 Å². The second-order valence-electron chi connectivity index (χ2n) is 4.32. The van der Waals surface area contributed by atoms with E-state index < -0.39 is 15.9 Å². The third kappa shape index (κ3) is 3.59. The number of hydrogen-bond donors (Lipinski definition) is 2. The van der Waals surface area contributed by atoms with Gasteiger partial charge in [-0.25, -0.2) is 13.4 Å². The summed E-state index contributed by atoms with van der Waals surface area (Å²) in [4.78, 5) is 15.2. The second kappa shape index (κ2) is 5.82. The number of hydrogen-bond acceptors (Lipinski definition) is 4. The van der Waals surface area contributed by atoms with Crippen molar-refractivity contribution in [1.82, 2.24) is 4.98 Å². The number of sulfonamides is 1. The first-order valence-corrected chi connectivity index (χ1v) is 8.12. The number of amides is 1. The Labute approximate surface area is 130 Å². The maximum atomic E-state index is 12.3. The van der Waals surface area contributed by atoms with E-state index in [0.29, 0.717) is 15.9 Å². The van der Waals surface area contributed by atoms with E-state index in [1.54, 1.807) is 19.1 Å². The molecule has 0 radical (unpaired) electrons. The predicted octanol–water partition coefficient (Wildman–Crippen LogP) is 2.05. The lowest BCUT2D eigenvalue weighted by atomic mass is 10.1. The van der Waals surface area contributed by atoms with Gasteiger partial charge in [0.15, 0.2) is 0 Å². The summed E-state index contributed by atoms with van der Waals surface area (Å²) in [6.45, 7) is 1.68. The van der Waals surface area contributed by atoms with Gasteiger partial charge in [0.05, 0.1) is 16.8 Å². The summed E-state index contributed by atoms with van der Waals surface area (Å²) in [5.41, 5.74) is 6.34. The number of nitrogens with one attached hydrogen (secondary N) is 1. The van der Waals surface area contributed by atoms with Gasteiger partial charge in [0.1, 0.15) is 4.60 Å². The van der Waals surface area contributed by atoms with Crippen LogP contribution in [0.25, 0.3) is 0 Å². The van der Waals surface area contributed by atoms with E-state index in [1.807, 2.05) is 0 Å². The first-order valence-electron chi connectivity index (χ1n) is 5.84. The summed E-state index contributed by atoms with van der Waals surface area (Å²) in [5, 5.41) is 0. The average molecular weight is 370 g/mol. The highest BCUT2D eigenvalue weighted by molar-refractivity contribution is 9.10. The topological polar surface area (TPSA) is 102 Å². The van der Waals surface area contributed by atoms with Crippen molar-refractivity contribution in [3.8, 4) is 0 Å². The summed E-state index contributed by atoms with van der Waals surface area (Å²) < 4.78 is 27.5. The molecule has 1 heterocycles. The van der Waals surface area contributed by atoms with Gasteiger partial charge in [0.2, 0.25) is 5.91 Å². The van der Waals surface area contributed by atoms with Crippen LogP contribution in [0.2, 0.25) is 0 Å². The lowest BCUT2D eigenvalue weighted by Gasteiger charge is -2.09. The van der Waals surface area contributed by atoms with Crippen molar-refractivity contribution in [2.75, 3.05) is 4.72 Å². The third-order valence-electron chi connectivity index (χ3n) is 2.76. The van der Waals surface area contributed by atoms with Crippen LogP contribution >= 0.6 is 15.9 Å². The molecule has 2 aromatic rings. The van der Waals surface area contributed by atoms with Crippen molar-refractivity contribution in [3.63, 3.8) is 0 Å². The molecule has 3 N–H and O–H groups in total. The number of carbonyl (C=O) groups is 1. The number of rotatable bonds is 4. The highest BCUT2D eigenvalue weighted by atomic mass is 79.9. The Morgan fingerprint density at radius 2 is 2.00 bits per heavy atom. The number of nitrogens with two attached hydrogens (primary N) is 1. The Morgan fingerprint density at radius 1 is 1.29 bits per heavy atom. The fourth-order valence-electron chi connectivity index (χ4n) is 1.68. The molecule has 6 nitrogen and oxygen atoms in total. The standard InChI is InChI=1S/C13H12BrN3O3S/c1-8-2-4-10(6-11(8)13(15)18)21(19,20)17-9-3-5-12(14)16-7-9/h2-7,17H,1H3,(H2,15,18). The van der Waals surface area contributed by atoms with E-state index in [1.165, 1.54) is 24.4 Å². The molecule has 21 heavy (non-hydrogen) atoms. The third-order valence-corrected chi connectivity index (χ3v) is 4.61. The molecule has 0 spiro atoms. The SMILES string of the molecule is Cc1ccc(S(=O)(=O)Nc2ccc(Br)nc2)cc1C(N)=O. The number of nitrogens with zero attached hydrogens (tertiary/aromatic N) is 1. The van der Waals surface area contributed by atoms with Gasteiger partial charge in [0.25, 0.3) is 10.0 Å². The van der Waals surface area contributed by atoms with Gasteiger partial charge in [-0.15, -0.1) is 0 Å². The van der Waals surface area contributed by atoms with Crippen molar-refractivity contribution in [3.05, 3.63) is 52.3 Å². The molecule has 0 aliphatic carbocycles. The monoisotopic (exact) mass is 369 g/mol. The number of aryl methyl sites for hydroxylation is 1. The molecule has 8 heteroatoms. The summed E-state index contributed by atoms with van der Waals surface area (Å²) in [6, 6.07) is 7.39. The zero-order valence-corrected chi connectivity index (χ0v) is 13.4. The highest BCUT2D eigenvalue weighted by Gasteiger charge is 2.17. The van der Waals surface area contributed by atoms with Gasteiger partial charge in [-0.05, 0) is 52.7 Å². The van der Waals surface area contributed by atoms with Crippen LogP contribution in [-0.4, -0.2) is 19.3 Å². The van der Waals surface area contributed by atoms with Gasteiger partial charge in [0, 0.05) is 5.56 Å². The fourth-order valence-corrected chi connectivity index (χ4v) is 2.99. The van der Waals surface area contributed by atoms with Crippen LogP contribution in [0.1, 0.15) is 15.9 Å². The molecule has 1 aromatic carbocycles. The lowest BCUT2D eigenvalue weighted by molar-refractivity contribution is 0.0999. The van der Waals surface area contributed by atoms with Gasteiger partial charge >= 0.3 is 0 Å². The average Bonchev–Trinajstić information content (AvgIpc) is 2.41. The number of halogens is 1. The van der Waals surface area contributed by atoms with Gasteiger partial charge in [-0.1, -0.05) is 6.07 Å². The number of benzene rings is 1. The van der Waals surface area contributed by atoms with Crippen LogP contribution in [0.5, 0.6) is 0 Å². The quantitative estimate of drug-likeness (QED) is 0.804. The van der Waals surface area contributed by atoms with E-state index in [0.717, 1.165) is 0 Å². The summed E-state index contributed by atoms with van der Waals surface area (Å²) in [7, 11) is -3.81. The summed E-state index contributed by atoms with van der Waals surface area (Å²) >= 11 is 3.16. The van der Waals surface area contributed by atoms with Crippen LogP contribution in [0.3, 0.4) is 0 Å². The molecular formula is C13H12BrN3O3S. The normalized spacial score (nSPS) is 11.1. The minimum Gasteiger partial charge on any atom is -0.366 e. The summed E-state index contributed by atoms with van der Waals surface area (Å²) in [5.74, 6) is -0.671. The van der Waals surface area contributed by atoms with E-state index in [9.17, 15) is 13.2 Å². The first-order chi connectivity index (χ1) is 9.79. The Bertz CT molecular complexity index is 789. The zero-order valence-electron chi connectivity index (χ0n) is 11.0. The Kier molecular flexibility index (Phi) is 4.29. The van der Waals surface area contributed by atoms with Crippen LogP contribution in [0, 0.1) is 6.92 Å². The number of anilines is 1. The minimum atomic E-state index is -3.81. The molecule has 1 aromatic heterocycles. The number of carbonyl (C=O) groups excluding carboxylic acids is 1. The van der Waals surface area contributed by atoms with Gasteiger partial charge in [-0.2, -0.15) is 0 Å². The lowest BCUT2D eigenvalue weighted by Crippen LogP contribution is -2.17. The van der Waals surface area contributed by atoms with Crippen molar-refractivity contribution < 1.29 is 13.2 Å². The van der Waals surface area contributed by atoms with E-state index in [4.69, 9.17) is 5.73 Å². The molecule has 0 bridgehead atoms. The Morgan fingerprint density at radius 3 is 2.57 bits per heavy atom. The number of aromatic nitrogens is 1. The van der Waals surface area contributed by atoms with Crippen molar-refractivity contribution in [2.45, 2.75) is 11.8 Å². The molecule has 0 aliphatic rings. The van der Waals surface area contributed by atoms with E-state index in [-0.39, 0.29) is 10.5 Å². The molecule has 0 saturated carbocycles. The molecule has 2 rings (SSSR count). The van der Waals surface area contributed by atoms with E-state index >= 15 is 0 Å². The largest absolute Gasteiger partial charge is 0.366 e. The number of primary amides is 1. The second-order valence-corrected chi connectivity index (χ2v) is 6.81. The molecule has 1 amide bonds. The molecule has 0 saturated heterocycles. The molecule has 0 fully saturated rings. The molecule has 0 unspecified atom stereocenters. The van der Waals surface area contributed by atoms with Crippen LogP contribution < -0.4 is 10.5 Å². The minimum absolute atomic E-state index is 0.0372. The van der Waals surface area contributed by atoms with Crippen LogP contribution in [0.4, 0.5) is 5.69 Å². The smallest absolute Gasteiger partial charge is 0.261 e. The maximum Gasteiger partial charge on any atom is 0.261 e. The van der Waals surface area contributed by atoms with Crippen molar-refractivity contribution in [2.24, 2.45) is 5.73 Å². The molecule has 0 atom stereocenters. The van der Waals surface area contributed by atoms with Gasteiger partial charge < -0.3 is 5.73 Å². The van der Waals surface area contributed by atoms with Gasteiger partial charge in [-0.3, -0.25) is 9.52 Å². The summed E-state index contributed by atoms with van der Waals surface area (Å²) in [6.07, 6.45) is 1.38. The first kappa shape index (κ1) is 15.5. The molecule has 110 valence electrons. The fraction of sp³-hybridized carbons (Fsp3) is 0.0769. The molecular weight excluding hydrogens is 358 g/mol. The molecule has 0 aliphatic heterocycles. The predicted molar refractivity (Wildman–Crippen MR) is 82.4 cm³/mol. The van der Waals surface area contributed by atoms with Crippen LogP contribution in [-0.2, 0) is 10.0 Å². The number of pyridine rings is 1. The van der Waals surface area contributed by atoms with E-state index in [2.05, 4.69) is 25.6 Å². The highest BCUT2D eigenvalue weighted by Crippen LogP contribution is 2.19. The van der Waals surface area contributed by atoms with Crippen LogP contribution in [0.15, 0.2) is 46.0 Å². The Balaban J connectivity index is 2.38. The van der Waals surface area contributed by atoms with Crippen molar-refractivity contribution in [1.29, 1.82) is 0 Å². The zero-order chi connectivity index (χ0) is 15.6. The maximum absolute atomic E-state index is 12.3.